The molecule has 0 aliphatic carbocycles. The highest BCUT2D eigenvalue weighted by Gasteiger charge is 2.16. The predicted molar refractivity (Wildman–Crippen MR) is 55.8 cm³/mol. The van der Waals surface area contributed by atoms with Gasteiger partial charge in [-0.25, -0.2) is 0 Å². The molecule has 0 saturated heterocycles. The molecule has 0 aliphatic heterocycles. The van der Waals surface area contributed by atoms with Crippen LogP contribution in [-0.2, 0) is 4.74 Å². The van der Waals surface area contributed by atoms with Crippen LogP contribution in [0, 0.1) is 5.92 Å². The summed E-state index contributed by atoms with van der Waals surface area (Å²) in [4.78, 5) is 0. The topological polar surface area (TPSA) is 29.5 Å². The second-order valence-electron chi connectivity index (χ2n) is 4.47. The minimum absolute atomic E-state index is 0.0155. The third-order valence-corrected chi connectivity index (χ3v) is 2.74. The molecule has 0 radical (unpaired) electrons. The number of ether oxygens (including phenoxy) is 1. The van der Waals surface area contributed by atoms with E-state index in [-0.39, 0.29) is 11.7 Å². The van der Waals surface area contributed by atoms with E-state index >= 15 is 0 Å². The number of hydrogen-bond donors (Lipinski definition) is 1. The standard InChI is InChI=1S/C11H24O2/c1-6-11(4,5)13-8-7-9(2)10(3)12/h9-10,12H,6-8H2,1-5H3. The van der Waals surface area contributed by atoms with Crippen molar-refractivity contribution < 1.29 is 9.84 Å². The van der Waals surface area contributed by atoms with Crippen LogP contribution in [0.15, 0.2) is 0 Å². The Bertz CT molecular complexity index is 130. The molecule has 0 spiro atoms. The van der Waals surface area contributed by atoms with Gasteiger partial charge in [0.25, 0.3) is 0 Å². The maximum Gasteiger partial charge on any atom is 0.0623 e. The lowest BCUT2D eigenvalue weighted by atomic mass is 10.0. The molecule has 2 nitrogen and oxygen atoms in total. The fourth-order valence-corrected chi connectivity index (χ4v) is 0.864. The zero-order chi connectivity index (χ0) is 10.5. The van der Waals surface area contributed by atoms with E-state index in [2.05, 4.69) is 20.8 Å². The molecule has 0 fully saturated rings. The Kier molecular flexibility index (Phi) is 5.57. The molecule has 0 aromatic carbocycles. The average molecular weight is 188 g/mol. The third-order valence-electron chi connectivity index (χ3n) is 2.74. The minimum Gasteiger partial charge on any atom is -0.393 e. The molecule has 80 valence electrons. The molecule has 0 aliphatic rings. The Morgan fingerprint density at radius 2 is 1.85 bits per heavy atom. The number of aliphatic hydroxyl groups excluding tert-OH is 1. The number of aliphatic hydroxyl groups is 1. The van der Waals surface area contributed by atoms with E-state index in [4.69, 9.17) is 4.74 Å². The van der Waals surface area contributed by atoms with Gasteiger partial charge in [-0.3, -0.25) is 0 Å². The van der Waals surface area contributed by atoms with Gasteiger partial charge in [0.05, 0.1) is 11.7 Å². The van der Waals surface area contributed by atoms with Crippen molar-refractivity contribution in [2.45, 2.75) is 59.2 Å². The summed E-state index contributed by atoms with van der Waals surface area (Å²) in [6, 6.07) is 0. The van der Waals surface area contributed by atoms with Gasteiger partial charge < -0.3 is 9.84 Å². The maximum absolute atomic E-state index is 9.25. The molecule has 2 unspecified atom stereocenters. The summed E-state index contributed by atoms with van der Waals surface area (Å²) in [5.41, 5.74) is -0.0155. The molecule has 0 saturated carbocycles. The first-order valence-corrected chi connectivity index (χ1v) is 5.21. The summed E-state index contributed by atoms with van der Waals surface area (Å²) in [7, 11) is 0. The SMILES string of the molecule is CCC(C)(C)OCCC(C)C(C)O. The number of hydrogen-bond acceptors (Lipinski definition) is 2. The number of rotatable bonds is 6. The van der Waals surface area contributed by atoms with Crippen LogP contribution in [0.5, 0.6) is 0 Å². The van der Waals surface area contributed by atoms with Gasteiger partial charge in [0.15, 0.2) is 0 Å². The molecule has 2 heteroatoms. The van der Waals surface area contributed by atoms with Crippen molar-refractivity contribution in [3.05, 3.63) is 0 Å². The van der Waals surface area contributed by atoms with Crippen LogP contribution < -0.4 is 0 Å². The lowest BCUT2D eigenvalue weighted by molar-refractivity contribution is -0.0309. The Hall–Kier alpha value is -0.0800. The summed E-state index contributed by atoms with van der Waals surface area (Å²) < 4.78 is 5.69. The van der Waals surface area contributed by atoms with Crippen molar-refractivity contribution in [2.24, 2.45) is 5.92 Å². The van der Waals surface area contributed by atoms with Gasteiger partial charge in [-0.1, -0.05) is 13.8 Å². The van der Waals surface area contributed by atoms with Gasteiger partial charge in [0.2, 0.25) is 0 Å². The molecule has 0 rings (SSSR count). The highest BCUT2D eigenvalue weighted by Crippen LogP contribution is 2.16. The lowest BCUT2D eigenvalue weighted by Gasteiger charge is -2.25. The molecule has 2 atom stereocenters. The molecule has 0 bridgehead atoms. The van der Waals surface area contributed by atoms with Gasteiger partial charge >= 0.3 is 0 Å². The van der Waals surface area contributed by atoms with Crippen LogP contribution in [-0.4, -0.2) is 23.4 Å². The maximum atomic E-state index is 9.25. The molecular weight excluding hydrogens is 164 g/mol. The smallest absolute Gasteiger partial charge is 0.0623 e. The van der Waals surface area contributed by atoms with E-state index in [1.54, 1.807) is 0 Å². The van der Waals surface area contributed by atoms with E-state index in [1.165, 1.54) is 0 Å². The second kappa shape index (κ2) is 5.61. The molecule has 0 amide bonds. The quantitative estimate of drug-likeness (QED) is 0.694. The first kappa shape index (κ1) is 12.9. The van der Waals surface area contributed by atoms with Crippen molar-refractivity contribution >= 4 is 0 Å². The lowest BCUT2D eigenvalue weighted by Crippen LogP contribution is -2.25. The van der Waals surface area contributed by atoms with Crippen LogP contribution in [0.1, 0.15) is 47.5 Å². The van der Waals surface area contributed by atoms with E-state index < -0.39 is 0 Å². The van der Waals surface area contributed by atoms with E-state index in [9.17, 15) is 5.11 Å². The van der Waals surface area contributed by atoms with Crippen molar-refractivity contribution in [3.8, 4) is 0 Å². The summed E-state index contributed by atoms with van der Waals surface area (Å²) in [6.45, 7) is 10.9. The Morgan fingerprint density at radius 3 is 2.23 bits per heavy atom. The fraction of sp³-hybridized carbons (Fsp3) is 1.00. The van der Waals surface area contributed by atoms with Gasteiger partial charge in [0.1, 0.15) is 0 Å². The van der Waals surface area contributed by atoms with Crippen LogP contribution in [0.2, 0.25) is 0 Å². The molecule has 0 heterocycles. The Balaban J connectivity index is 3.56. The summed E-state index contributed by atoms with van der Waals surface area (Å²) in [5.74, 6) is 0.327. The van der Waals surface area contributed by atoms with Crippen molar-refractivity contribution in [2.75, 3.05) is 6.61 Å². The summed E-state index contributed by atoms with van der Waals surface area (Å²) in [5, 5.41) is 9.25. The van der Waals surface area contributed by atoms with Crippen LogP contribution in [0.4, 0.5) is 0 Å². The Labute approximate surface area is 82.3 Å². The van der Waals surface area contributed by atoms with Gasteiger partial charge in [-0.15, -0.1) is 0 Å². The van der Waals surface area contributed by atoms with Gasteiger partial charge in [-0.05, 0) is 39.5 Å². The summed E-state index contributed by atoms with van der Waals surface area (Å²) in [6.07, 6.45) is 1.73. The van der Waals surface area contributed by atoms with Crippen molar-refractivity contribution in [3.63, 3.8) is 0 Å². The van der Waals surface area contributed by atoms with E-state index in [1.807, 2.05) is 13.8 Å². The molecule has 1 N–H and O–H groups in total. The first-order valence-electron chi connectivity index (χ1n) is 5.21. The summed E-state index contributed by atoms with van der Waals surface area (Å²) >= 11 is 0. The minimum atomic E-state index is -0.228. The average Bonchev–Trinajstić information content (AvgIpc) is 2.04. The first-order chi connectivity index (χ1) is 5.89. The Morgan fingerprint density at radius 1 is 1.31 bits per heavy atom. The van der Waals surface area contributed by atoms with E-state index in [0.29, 0.717) is 5.92 Å². The second-order valence-corrected chi connectivity index (χ2v) is 4.47. The van der Waals surface area contributed by atoms with E-state index in [0.717, 1.165) is 19.4 Å². The monoisotopic (exact) mass is 188 g/mol. The highest BCUT2D eigenvalue weighted by atomic mass is 16.5. The highest BCUT2D eigenvalue weighted by molar-refractivity contribution is 4.66. The van der Waals surface area contributed by atoms with Crippen LogP contribution in [0.25, 0.3) is 0 Å². The van der Waals surface area contributed by atoms with Crippen molar-refractivity contribution in [1.82, 2.24) is 0 Å². The van der Waals surface area contributed by atoms with Crippen molar-refractivity contribution in [1.29, 1.82) is 0 Å². The van der Waals surface area contributed by atoms with Gasteiger partial charge in [0, 0.05) is 6.61 Å². The fourth-order valence-electron chi connectivity index (χ4n) is 0.864. The normalized spacial score (nSPS) is 17.1. The molecule has 0 aromatic rings. The zero-order valence-electron chi connectivity index (χ0n) is 9.63. The van der Waals surface area contributed by atoms with Crippen LogP contribution >= 0.6 is 0 Å². The van der Waals surface area contributed by atoms with Crippen LogP contribution in [0.3, 0.4) is 0 Å². The zero-order valence-corrected chi connectivity index (χ0v) is 9.63. The largest absolute Gasteiger partial charge is 0.393 e. The molecular formula is C11H24O2. The predicted octanol–water partition coefficient (Wildman–Crippen LogP) is 2.60. The molecule has 0 aromatic heterocycles. The molecule has 13 heavy (non-hydrogen) atoms. The third kappa shape index (κ3) is 6.05. The van der Waals surface area contributed by atoms with Gasteiger partial charge in [-0.2, -0.15) is 0 Å².